The van der Waals surface area contributed by atoms with Crippen LogP contribution in [-0.2, 0) is 17.5 Å². The maximum Gasteiger partial charge on any atom is 0.416 e. The van der Waals surface area contributed by atoms with E-state index in [9.17, 15) is 31.5 Å². The second-order valence-corrected chi connectivity index (χ2v) is 6.60. The molecular weight excluding hydrogens is 407 g/mol. The van der Waals surface area contributed by atoms with E-state index in [1.165, 1.54) is 0 Å². The number of benzene rings is 2. The average molecular weight is 416 g/mol. The molecule has 0 fully saturated rings. The lowest BCUT2D eigenvalue weighted by Gasteiger charge is -2.06. The van der Waals surface area contributed by atoms with Crippen molar-refractivity contribution in [2.24, 2.45) is 4.99 Å². The van der Waals surface area contributed by atoms with Crippen molar-refractivity contribution < 1.29 is 36.6 Å². The Labute approximate surface area is 157 Å². The fourth-order valence-corrected chi connectivity index (χ4v) is 3.54. The van der Waals surface area contributed by atoms with Crippen molar-refractivity contribution in [2.75, 3.05) is 0 Å². The molecule has 0 radical (unpaired) electrons. The van der Waals surface area contributed by atoms with Gasteiger partial charge in [0.05, 0.1) is 15.8 Å². The minimum Gasteiger partial charge on any atom is -0.480 e. The van der Waals surface area contributed by atoms with Crippen LogP contribution in [0.15, 0.2) is 41.4 Å². The molecule has 1 heterocycles. The molecule has 0 atom stereocenters. The molecule has 0 spiro atoms. The van der Waals surface area contributed by atoms with Gasteiger partial charge in [-0.3, -0.25) is 9.59 Å². The van der Waals surface area contributed by atoms with Gasteiger partial charge in [-0.15, -0.1) is 0 Å². The number of aliphatic carboxylic acids is 1. The molecule has 1 N–H and O–H groups in total. The Morgan fingerprint density at radius 1 is 1.14 bits per heavy atom. The molecule has 5 nitrogen and oxygen atoms in total. The highest BCUT2D eigenvalue weighted by atomic mass is 32.1. The number of aromatic nitrogens is 1. The van der Waals surface area contributed by atoms with Crippen LogP contribution < -0.4 is 4.80 Å². The topological polar surface area (TPSA) is 71.7 Å². The molecule has 2 aromatic carbocycles. The highest BCUT2D eigenvalue weighted by molar-refractivity contribution is 7.16. The van der Waals surface area contributed by atoms with Crippen LogP contribution in [0.5, 0.6) is 0 Å². The van der Waals surface area contributed by atoms with Crippen LogP contribution >= 0.6 is 11.3 Å². The maximum atomic E-state index is 14.1. The minimum atomic E-state index is -4.67. The highest BCUT2D eigenvalue weighted by Crippen LogP contribution is 2.29. The largest absolute Gasteiger partial charge is 0.480 e. The van der Waals surface area contributed by atoms with Gasteiger partial charge in [-0.1, -0.05) is 17.4 Å². The molecule has 1 aromatic heterocycles. The third-order valence-corrected chi connectivity index (χ3v) is 4.65. The summed E-state index contributed by atoms with van der Waals surface area (Å²) in [5.41, 5.74) is -1.72. The lowest BCUT2D eigenvalue weighted by molar-refractivity contribution is -0.138. The molecular formula is C17H9F5N2O3S. The van der Waals surface area contributed by atoms with E-state index in [-0.39, 0.29) is 20.6 Å². The van der Waals surface area contributed by atoms with Crippen LogP contribution in [0.25, 0.3) is 10.2 Å². The summed E-state index contributed by atoms with van der Waals surface area (Å²) in [6, 6.07) is 4.99. The molecule has 3 rings (SSSR count). The lowest BCUT2D eigenvalue weighted by atomic mass is 10.1. The Kier molecular flexibility index (Phi) is 5.02. The number of carboxylic acids is 1. The fraction of sp³-hybridized carbons (Fsp3) is 0.118. The molecule has 1 amide bonds. The standard InChI is InChI=1S/C17H9F5N2O3S/c18-10-5-11(19)14-12(6-10)28-16(24(14)7-13(25)26)23-15(27)8-2-1-3-9(4-8)17(20,21)22/h1-6H,7H2,(H,25,26). The first kappa shape index (κ1) is 19.7. The van der Waals surface area contributed by atoms with Crippen molar-refractivity contribution in [1.82, 2.24) is 4.57 Å². The first-order chi connectivity index (χ1) is 13.1. The van der Waals surface area contributed by atoms with Gasteiger partial charge < -0.3 is 9.67 Å². The summed E-state index contributed by atoms with van der Waals surface area (Å²) in [4.78, 5) is 26.7. The number of hydrogen-bond acceptors (Lipinski definition) is 3. The second-order valence-electron chi connectivity index (χ2n) is 5.59. The van der Waals surface area contributed by atoms with Crippen molar-refractivity contribution in [2.45, 2.75) is 12.7 Å². The molecule has 0 bridgehead atoms. The van der Waals surface area contributed by atoms with Gasteiger partial charge in [0, 0.05) is 11.6 Å². The molecule has 11 heteroatoms. The van der Waals surface area contributed by atoms with Gasteiger partial charge in [0.15, 0.2) is 10.6 Å². The second kappa shape index (κ2) is 7.15. The van der Waals surface area contributed by atoms with E-state index < -0.39 is 41.8 Å². The molecule has 0 saturated heterocycles. The molecule has 28 heavy (non-hydrogen) atoms. The Balaban J connectivity index is 2.17. The third-order valence-electron chi connectivity index (χ3n) is 3.62. The van der Waals surface area contributed by atoms with E-state index in [0.29, 0.717) is 23.5 Å². The maximum absolute atomic E-state index is 14.1. The van der Waals surface area contributed by atoms with Gasteiger partial charge in [0.1, 0.15) is 12.4 Å². The molecule has 3 aromatic rings. The quantitative estimate of drug-likeness (QED) is 0.660. The number of fused-ring (bicyclic) bond motifs is 1. The number of halogens is 5. The third kappa shape index (κ3) is 3.93. The van der Waals surface area contributed by atoms with Crippen LogP contribution in [0.1, 0.15) is 15.9 Å². The number of carbonyl (C=O) groups is 2. The van der Waals surface area contributed by atoms with E-state index in [4.69, 9.17) is 5.11 Å². The van der Waals surface area contributed by atoms with E-state index >= 15 is 0 Å². The number of nitrogens with zero attached hydrogens (tertiary/aromatic N) is 2. The van der Waals surface area contributed by atoms with Gasteiger partial charge in [-0.05, 0) is 24.3 Å². The van der Waals surface area contributed by atoms with Crippen LogP contribution in [0.2, 0.25) is 0 Å². The summed E-state index contributed by atoms with van der Waals surface area (Å²) >= 11 is 0.637. The van der Waals surface area contributed by atoms with Crippen molar-refractivity contribution in [3.05, 3.63) is 64.0 Å². The van der Waals surface area contributed by atoms with Gasteiger partial charge >= 0.3 is 12.1 Å². The number of amides is 1. The van der Waals surface area contributed by atoms with Gasteiger partial charge in [0.2, 0.25) is 0 Å². The molecule has 0 aliphatic carbocycles. The van der Waals surface area contributed by atoms with E-state index in [1.54, 1.807) is 0 Å². The zero-order valence-electron chi connectivity index (χ0n) is 13.6. The zero-order chi connectivity index (χ0) is 20.6. The SMILES string of the molecule is O=C(O)Cn1c(=NC(=O)c2cccc(C(F)(F)F)c2)sc2cc(F)cc(F)c21. The Morgan fingerprint density at radius 2 is 1.86 bits per heavy atom. The Morgan fingerprint density at radius 3 is 2.50 bits per heavy atom. The minimum absolute atomic E-state index is 0.00524. The number of alkyl halides is 3. The van der Waals surface area contributed by atoms with Crippen molar-refractivity contribution >= 4 is 33.4 Å². The predicted molar refractivity (Wildman–Crippen MR) is 88.7 cm³/mol. The molecule has 146 valence electrons. The van der Waals surface area contributed by atoms with Gasteiger partial charge in [0.25, 0.3) is 5.91 Å². The smallest absolute Gasteiger partial charge is 0.416 e. The summed E-state index contributed by atoms with van der Waals surface area (Å²) in [7, 11) is 0. The summed E-state index contributed by atoms with van der Waals surface area (Å²) in [6.07, 6.45) is -4.67. The van der Waals surface area contributed by atoms with E-state index in [1.807, 2.05) is 0 Å². The van der Waals surface area contributed by atoms with E-state index in [0.717, 1.165) is 28.8 Å². The van der Waals surface area contributed by atoms with Crippen LogP contribution in [0.3, 0.4) is 0 Å². The highest BCUT2D eigenvalue weighted by Gasteiger charge is 2.31. The Hall–Kier alpha value is -3.08. The fourth-order valence-electron chi connectivity index (χ4n) is 2.48. The van der Waals surface area contributed by atoms with E-state index in [2.05, 4.69) is 4.99 Å². The summed E-state index contributed by atoms with van der Waals surface area (Å²) in [6.45, 7) is -0.780. The number of hydrogen-bond donors (Lipinski definition) is 1. The molecule has 0 saturated carbocycles. The normalized spacial score (nSPS) is 12.5. The summed E-state index contributed by atoms with van der Waals surface area (Å²) in [5, 5.41) is 9.03. The number of carbonyl (C=O) groups excluding carboxylic acids is 1. The number of thiazole rings is 1. The zero-order valence-corrected chi connectivity index (χ0v) is 14.4. The number of carboxylic acid groups (broad SMARTS) is 1. The monoisotopic (exact) mass is 416 g/mol. The van der Waals surface area contributed by atoms with Crippen LogP contribution in [-0.4, -0.2) is 21.6 Å². The van der Waals surface area contributed by atoms with Gasteiger partial charge in [-0.25, -0.2) is 8.78 Å². The first-order valence-electron chi connectivity index (χ1n) is 7.53. The van der Waals surface area contributed by atoms with Gasteiger partial charge in [-0.2, -0.15) is 18.2 Å². The first-order valence-corrected chi connectivity index (χ1v) is 8.34. The predicted octanol–water partition coefficient (Wildman–Crippen LogP) is 3.83. The molecule has 0 aliphatic heterocycles. The average Bonchev–Trinajstić information content (AvgIpc) is 2.90. The van der Waals surface area contributed by atoms with Crippen LogP contribution in [0.4, 0.5) is 22.0 Å². The molecule has 0 aliphatic rings. The lowest BCUT2D eigenvalue weighted by Crippen LogP contribution is -2.22. The van der Waals surface area contributed by atoms with Crippen molar-refractivity contribution in [1.29, 1.82) is 0 Å². The van der Waals surface area contributed by atoms with Crippen molar-refractivity contribution in [3.8, 4) is 0 Å². The Bertz CT molecular complexity index is 1160. The van der Waals surface area contributed by atoms with Crippen molar-refractivity contribution in [3.63, 3.8) is 0 Å². The summed E-state index contributed by atoms with van der Waals surface area (Å²) in [5.74, 6) is -4.43. The molecule has 0 unspecified atom stereocenters. The van der Waals surface area contributed by atoms with Crippen LogP contribution in [0, 0.1) is 11.6 Å². The number of rotatable bonds is 3. The summed E-state index contributed by atoms with van der Waals surface area (Å²) < 4.78 is 66.8.